The van der Waals surface area contributed by atoms with Gasteiger partial charge >= 0.3 is 0 Å². The number of carbonyl (C=O) groups excluding carboxylic acids is 2. The van der Waals surface area contributed by atoms with Crippen molar-refractivity contribution in [2.24, 2.45) is 0 Å². The number of aliphatic hydroxyl groups is 1. The number of Topliss-reactive ketones (excluding diaryl/α,β-unsaturated/α-hetero) is 1. The van der Waals surface area contributed by atoms with Crippen molar-refractivity contribution in [3.8, 4) is 5.75 Å². The fourth-order valence-electron chi connectivity index (χ4n) is 4.19. The number of aromatic hydroxyl groups is 1. The van der Waals surface area contributed by atoms with Crippen LogP contribution in [0.3, 0.4) is 0 Å². The van der Waals surface area contributed by atoms with E-state index in [0.29, 0.717) is 5.56 Å². The van der Waals surface area contributed by atoms with Crippen molar-refractivity contribution in [2.45, 2.75) is 37.8 Å². The molecule has 1 aliphatic carbocycles. The molecule has 1 amide bonds. The maximum absolute atomic E-state index is 13.3. The van der Waals surface area contributed by atoms with Crippen LogP contribution in [-0.4, -0.2) is 32.8 Å². The summed E-state index contributed by atoms with van der Waals surface area (Å²) in [5.41, 5.74) is 0.778. The molecular weight excluding hydrogens is 361 g/mol. The summed E-state index contributed by atoms with van der Waals surface area (Å²) in [5.74, 6) is -2.21. The molecule has 28 heavy (non-hydrogen) atoms. The minimum atomic E-state index is -0.791. The number of phenolic OH excluding ortho intramolecular Hbond substituents is 1. The summed E-state index contributed by atoms with van der Waals surface area (Å²) in [7, 11) is 0. The third-order valence-corrected chi connectivity index (χ3v) is 5.50. The van der Waals surface area contributed by atoms with E-state index in [9.17, 15) is 24.2 Å². The number of hydrogen-bond acceptors (Lipinski definition) is 4. The van der Waals surface area contributed by atoms with E-state index in [1.165, 1.54) is 36.4 Å². The molecule has 1 unspecified atom stereocenters. The second-order valence-electron chi connectivity index (χ2n) is 7.25. The van der Waals surface area contributed by atoms with Crippen molar-refractivity contribution in [1.29, 1.82) is 0 Å². The molecule has 0 bridgehead atoms. The first-order valence-electron chi connectivity index (χ1n) is 9.32. The van der Waals surface area contributed by atoms with Gasteiger partial charge in [-0.2, -0.15) is 0 Å². The van der Waals surface area contributed by atoms with Gasteiger partial charge in [-0.3, -0.25) is 9.59 Å². The first kappa shape index (κ1) is 18.2. The highest BCUT2D eigenvalue weighted by atomic mass is 19.1. The fourth-order valence-corrected chi connectivity index (χ4v) is 4.19. The van der Waals surface area contributed by atoms with E-state index in [1.807, 2.05) is 0 Å². The Morgan fingerprint density at radius 1 is 1.04 bits per heavy atom. The average Bonchev–Trinajstić information content (AvgIpc) is 3.29. The Morgan fingerprint density at radius 2 is 1.71 bits per heavy atom. The number of phenols is 1. The Morgan fingerprint density at radius 3 is 2.36 bits per heavy atom. The lowest BCUT2D eigenvalue weighted by atomic mass is 9.94. The van der Waals surface area contributed by atoms with Crippen LogP contribution >= 0.6 is 0 Å². The number of nitrogens with zero attached hydrogens (tertiary/aromatic N) is 1. The van der Waals surface area contributed by atoms with Crippen LogP contribution in [0.4, 0.5) is 4.39 Å². The van der Waals surface area contributed by atoms with Crippen molar-refractivity contribution in [3.05, 3.63) is 71.0 Å². The molecule has 0 spiro atoms. The van der Waals surface area contributed by atoms with E-state index in [2.05, 4.69) is 0 Å². The molecule has 6 heteroatoms. The highest BCUT2D eigenvalue weighted by Crippen LogP contribution is 2.43. The monoisotopic (exact) mass is 381 g/mol. The highest BCUT2D eigenvalue weighted by molar-refractivity contribution is 6.46. The van der Waals surface area contributed by atoms with E-state index < -0.39 is 23.5 Å². The maximum atomic E-state index is 13.3. The fraction of sp³-hybridized carbons (Fsp3) is 0.273. The number of likely N-dealkylation sites (tertiary alicyclic amines) is 1. The van der Waals surface area contributed by atoms with E-state index in [0.717, 1.165) is 25.7 Å². The molecule has 144 valence electrons. The largest absolute Gasteiger partial charge is 0.508 e. The quantitative estimate of drug-likeness (QED) is 0.480. The van der Waals surface area contributed by atoms with Gasteiger partial charge in [-0.25, -0.2) is 4.39 Å². The zero-order valence-corrected chi connectivity index (χ0v) is 15.1. The maximum Gasteiger partial charge on any atom is 0.295 e. The molecule has 2 aliphatic rings. The van der Waals surface area contributed by atoms with Crippen LogP contribution in [0.2, 0.25) is 0 Å². The van der Waals surface area contributed by atoms with Crippen LogP contribution in [0.5, 0.6) is 5.75 Å². The lowest BCUT2D eigenvalue weighted by Crippen LogP contribution is -2.37. The predicted octanol–water partition coefficient (Wildman–Crippen LogP) is 3.90. The van der Waals surface area contributed by atoms with Crippen molar-refractivity contribution in [2.75, 3.05) is 0 Å². The molecule has 1 atom stereocenters. The SMILES string of the molecule is O=C1C(=O)N(C2CCCC2)C(c2cccc(O)c2)/C1=C(/O)c1ccc(F)cc1. The van der Waals surface area contributed by atoms with Gasteiger partial charge in [0.25, 0.3) is 11.7 Å². The molecule has 2 aromatic rings. The van der Waals surface area contributed by atoms with Crippen LogP contribution < -0.4 is 0 Å². The van der Waals surface area contributed by atoms with Gasteiger partial charge in [0.1, 0.15) is 17.3 Å². The third-order valence-electron chi connectivity index (χ3n) is 5.50. The number of halogens is 1. The van der Waals surface area contributed by atoms with Gasteiger partial charge in [-0.05, 0) is 54.8 Å². The van der Waals surface area contributed by atoms with Gasteiger partial charge in [0.2, 0.25) is 0 Å². The number of ketones is 1. The molecule has 1 heterocycles. The Balaban J connectivity index is 1.89. The number of amides is 1. The Labute approximate surface area is 161 Å². The zero-order chi connectivity index (χ0) is 19.8. The van der Waals surface area contributed by atoms with Crippen LogP contribution in [0.1, 0.15) is 42.9 Å². The van der Waals surface area contributed by atoms with Crippen LogP contribution in [0.25, 0.3) is 5.76 Å². The normalized spacial score (nSPS) is 22.2. The van der Waals surface area contributed by atoms with Gasteiger partial charge in [0.15, 0.2) is 0 Å². The molecule has 1 saturated heterocycles. The van der Waals surface area contributed by atoms with E-state index in [-0.39, 0.29) is 28.7 Å². The van der Waals surface area contributed by atoms with Crippen molar-refractivity contribution < 1.29 is 24.2 Å². The Bertz CT molecular complexity index is 961. The van der Waals surface area contributed by atoms with E-state index >= 15 is 0 Å². The predicted molar refractivity (Wildman–Crippen MR) is 101 cm³/mol. The summed E-state index contributed by atoms with van der Waals surface area (Å²) in [6, 6.07) is 10.6. The molecule has 2 fully saturated rings. The first-order valence-corrected chi connectivity index (χ1v) is 9.32. The van der Waals surface area contributed by atoms with E-state index in [4.69, 9.17) is 0 Å². The Kier molecular flexibility index (Phi) is 4.63. The third kappa shape index (κ3) is 3.05. The second-order valence-corrected chi connectivity index (χ2v) is 7.25. The van der Waals surface area contributed by atoms with Gasteiger partial charge in [-0.1, -0.05) is 25.0 Å². The number of carbonyl (C=O) groups is 2. The standard InChI is InChI=1S/C22H20FNO4/c23-15-10-8-13(9-11-15)20(26)18-19(14-4-3-7-17(25)12-14)24(22(28)21(18)27)16-5-1-2-6-16/h3-4,7-12,16,19,25-26H,1-2,5-6H2/b20-18-. The van der Waals surface area contributed by atoms with Crippen LogP contribution in [0, 0.1) is 5.82 Å². The van der Waals surface area contributed by atoms with E-state index in [1.54, 1.807) is 17.0 Å². The second kappa shape index (κ2) is 7.11. The molecule has 4 rings (SSSR count). The summed E-state index contributed by atoms with van der Waals surface area (Å²) in [6.45, 7) is 0. The van der Waals surface area contributed by atoms with Crippen molar-refractivity contribution >= 4 is 17.4 Å². The summed E-state index contributed by atoms with van der Waals surface area (Å²) < 4.78 is 13.3. The summed E-state index contributed by atoms with van der Waals surface area (Å²) in [5, 5.41) is 20.8. The molecule has 0 radical (unpaired) electrons. The van der Waals surface area contributed by atoms with Crippen LogP contribution in [0.15, 0.2) is 54.1 Å². The van der Waals surface area contributed by atoms with Crippen LogP contribution in [-0.2, 0) is 9.59 Å². The number of rotatable bonds is 3. The lowest BCUT2D eigenvalue weighted by molar-refractivity contribution is -0.141. The first-order chi connectivity index (χ1) is 13.5. The lowest BCUT2D eigenvalue weighted by Gasteiger charge is -2.30. The van der Waals surface area contributed by atoms with Gasteiger partial charge < -0.3 is 15.1 Å². The molecule has 1 aliphatic heterocycles. The minimum absolute atomic E-state index is 0.0105. The topological polar surface area (TPSA) is 77.8 Å². The average molecular weight is 381 g/mol. The molecule has 5 nitrogen and oxygen atoms in total. The summed E-state index contributed by atoms with van der Waals surface area (Å²) in [6.07, 6.45) is 3.52. The Hall–Kier alpha value is -3.15. The molecule has 0 aromatic heterocycles. The van der Waals surface area contributed by atoms with Gasteiger partial charge in [0.05, 0.1) is 11.6 Å². The number of benzene rings is 2. The minimum Gasteiger partial charge on any atom is -0.508 e. The summed E-state index contributed by atoms with van der Waals surface area (Å²) in [4.78, 5) is 27.3. The number of aliphatic hydroxyl groups excluding tert-OH is 1. The molecule has 1 saturated carbocycles. The van der Waals surface area contributed by atoms with Gasteiger partial charge in [-0.15, -0.1) is 0 Å². The molecule has 2 N–H and O–H groups in total. The van der Waals surface area contributed by atoms with Crippen molar-refractivity contribution in [1.82, 2.24) is 4.90 Å². The van der Waals surface area contributed by atoms with Crippen molar-refractivity contribution in [3.63, 3.8) is 0 Å². The smallest absolute Gasteiger partial charge is 0.295 e. The highest BCUT2D eigenvalue weighted by Gasteiger charge is 2.49. The summed E-state index contributed by atoms with van der Waals surface area (Å²) >= 11 is 0. The zero-order valence-electron chi connectivity index (χ0n) is 15.1. The molecule has 2 aromatic carbocycles. The number of hydrogen-bond donors (Lipinski definition) is 2. The van der Waals surface area contributed by atoms with Gasteiger partial charge in [0, 0.05) is 11.6 Å². The molecular formula is C22H20FNO4.